The Kier molecular flexibility index (Phi) is 5.65. The summed E-state index contributed by atoms with van der Waals surface area (Å²) in [4.78, 5) is 24.5. The number of hydrogen-bond donors (Lipinski definition) is 2. The topological polar surface area (TPSA) is 93.1 Å². The molecule has 1 aliphatic carbocycles. The molecule has 0 aliphatic heterocycles. The molecule has 1 atom stereocenters. The molecule has 0 saturated heterocycles. The highest BCUT2D eigenvalue weighted by Crippen LogP contribution is 2.46. The Morgan fingerprint density at radius 3 is 2.09 bits per heavy atom. The van der Waals surface area contributed by atoms with Gasteiger partial charge in [-0.25, -0.2) is 9.59 Å². The minimum absolute atomic E-state index is 0.00144. The van der Waals surface area contributed by atoms with Crippen LogP contribution in [-0.2, 0) is 4.79 Å². The van der Waals surface area contributed by atoms with Gasteiger partial charge in [0.1, 0.15) is 11.5 Å². The van der Waals surface area contributed by atoms with Gasteiger partial charge in [-0.05, 0) is 65.6 Å². The van der Waals surface area contributed by atoms with E-state index in [9.17, 15) is 9.59 Å². The lowest BCUT2D eigenvalue weighted by atomic mass is 9.98. The number of hydrogen-bond acceptors (Lipinski definition) is 6. The van der Waals surface area contributed by atoms with Crippen LogP contribution < -0.4 is 9.47 Å². The Labute approximate surface area is 185 Å². The number of ether oxygens (including phenoxy) is 2. The summed E-state index contributed by atoms with van der Waals surface area (Å²) in [6.45, 7) is 7.23. The highest BCUT2D eigenvalue weighted by atomic mass is 16.5. The first-order chi connectivity index (χ1) is 15.2. The summed E-state index contributed by atoms with van der Waals surface area (Å²) >= 11 is 0. The first-order valence-corrected chi connectivity index (χ1v) is 10.1. The summed E-state index contributed by atoms with van der Waals surface area (Å²) in [5.74, 6) is -0.224. The first kappa shape index (κ1) is 21.5. The number of aliphatic hydroxyl groups is 2. The van der Waals surface area contributed by atoms with Gasteiger partial charge in [-0.15, -0.1) is 0 Å². The number of carbonyl (C=O) groups is 2. The summed E-state index contributed by atoms with van der Waals surface area (Å²) in [6.07, 6.45) is -1.58. The Hall–Kier alpha value is -3.74. The molecule has 1 unspecified atom stereocenters. The third-order valence-corrected chi connectivity index (χ3v) is 5.48. The van der Waals surface area contributed by atoms with Gasteiger partial charge >= 0.3 is 11.9 Å². The molecule has 4 rings (SSSR count). The highest BCUT2D eigenvalue weighted by Gasteiger charge is 2.27. The predicted octanol–water partition coefficient (Wildman–Crippen LogP) is 4.50. The maximum atomic E-state index is 12.7. The fourth-order valence-electron chi connectivity index (χ4n) is 3.74. The molecule has 1 aliphatic rings. The van der Waals surface area contributed by atoms with E-state index in [1.165, 1.54) is 24.3 Å². The molecular weight excluding hydrogens is 408 g/mol. The standard InChI is InChI=1S/C26H22O6/c1-14(2)25(29)32-19-9-11-21-20-10-6-17(12-22(20)15(3)23(21)13-19)26(30)31-18-7-4-16(5-8-18)24(27)28/h4-13,15,24,27-28H,1H2,2-3H3. The number of aliphatic hydroxyl groups excluding tert-OH is 1. The second-order valence-corrected chi connectivity index (χ2v) is 7.77. The largest absolute Gasteiger partial charge is 0.423 e. The van der Waals surface area contributed by atoms with Crippen LogP contribution in [-0.4, -0.2) is 22.2 Å². The molecule has 0 aromatic heterocycles. The summed E-state index contributed by atoms with van der Waals surface area (Å²) in [6, 6.07) is 16.9. The lowest BCUT2D eigenvalue weighted by Crippen LogP contribution is -2.09. The number of carbonyl (C=O) groups excluding carboxylic acids is 2. The molecule has 0 saturated carbocycles. The molecule has 6 nitrogen and oxygen atoms in total. The summed E-state index contributed by atoms with van der Waals surface area (Å²) in [5.41, 5.74) is 5.08. The zero-order valence-corrected chi connectivity index (χ0v) is 17.7. The van der Waals surface area contributed by atoms with Gasteiger partial charge in [0.15, 0.2) is 6.29 Å². The van der Waals surface area contributed by atoms with E-state index in [0.717, 1.165) is 22.3 Å². The van der Waals surface area contributed by atoms with Crippen molar-refractivity contribution < 1.29 is 29.3 Å². The fourth-order valence-corrected chi connectivity index (χ4v) is 3.74. The second kappa shape index (κ2) is 8.42. The molecule has 0 radical (unpaired) electrons. The van der Waals surface area contributed by atoms with Crippen molar-refractivity contribution in [1.29, 1.82) is 0 Å². The van der Waals surface area contributed by atoms with Gasteiger partial charge < -0.3 is 19.7 Å². The summed E-state index contributed by atoms with van der Waals surface area (Å²) < 4.78 is 10.8. The zero-order valence-electron chi connectivity index (χ0n) is 17.7. The average Bonchev–Trinajstić information content (AvgIpc) is 3.05. The molecule has 0 fully saturated rings. The van der Waals surface area contributed by atoms with Crippen molar-refractivity contribution in [1.82, 2.24) is 0 Å². The average molecular weight is 430 g/mol. The van der Waals surface area contributed by atoms with Gasteiger partial charge in [0.2, 0.25) is 0 Å². The number of rotatable bonds is 5. The van der Waals surface area contributed by atoms with E-state index in [1.807, 2.05) is 31.2 Å². The maximum absolute atomic E-state index is 12.7. The molecule has 3 aromatic carbocycles. The molecule has 3 aromatic rings. The summed E-state index contributed by atoms with van der Waals surface area (Å²) in [7, 11) is 0. The van der Waals surface area contributed by atoms with Crippen LogP contribution in [0.3, 0.4) is 0 Å². The highest BCUT2D eigenvalue weighted by molar-refractivity contribution is 5.93. The van der Waals surface area contributed by atoms with Crippen LogP contribution >= 0.6 is 0 Å². The fraction of sp³-hybridized carbons (Fsp3) is 0.154. The number of benzene rings is 3. The lowest BCUT2D eigenvalue weighted by Gasteiger charge is -2.10. The van der Waals surface area contributed by atoms with Crippen LogP contribution in [0.15, 0.2) is 72.8 Å². The van der Waals surface area contributed by atoms with E-state index < -0.39 is 18.2 Å². The molecule has 0 amide bonds. The van der Waals surface area contributed by atoms with E-state index in [4.69, 9.17) is 19.7 Å². The molecule has 0 heterocycles. The van der Waals surface area contributed by atoms with E-state index >= 15 is 0 Å². The smallest absolute Gasteiger partial charge is 0.343 e. The SMILES string of the molecule is C=C(C)C(=O)Oc1ccc2c(c1)C(C)c1cc(C(=O)Oc3ccc(C(O)O)cc3)ccc1-2. The molecule has 6 heteroatoms. The maximum Gasteiger partial charge on any atom is 0.343 e. The Morgan fingerprint density at radius 1 is 0.875 bits per heavy atom. The predicted molar refractivity (Wildman–Crippen MR) is 118 cm³/mol. The normalized spacial score (nSPS) is 14.0. The molecule has 2 N–H and O–H groups in total. The van der Waals surface area contributed by atoms with Gasteiger partial charge in [-0.1, -0.05) is 37.8 Å². The Balaban J connectivity index is 1.56. The van der Waals surface area contributed by atoms with E-state index in [-0.39, 0.29) is 5.92 Å². The van der Waals surface area contributed by atoms with Crippen molar-refractivity contribution >= 4 is 11.9 Å². The van der Waals surface area contributed by atoms with Crippen molar-refractivity contribution in [3.05, 3.63) is 95.1 Å². The van der Waals surface area contributed by atoms with Crippen LogP contribution in [0.4, 0.5) is 0 Å². The van der Waals surface area contributed by atoms with E-state index in [0.29, 0.717) is 28.2 Å². The van der Waals surface area contributed by atoms with Crippen LogP contribution in [0.1, 0.15) is 53.1 Å². The van der Waals surface area contributed by atoms with Gasteiger partial charge in [0.25, 0.3) is 0 Å². The summed E-state index contributed by atoms with van der Waals surface area (Å²) in [5, 5.41) is 18.3. The third kappa shape index (κ3) is 4.06. The van der Waals surface area contributed by atoms with Crippen molar-refractivity contribution in [3.8, 4) is 22.6 Å². The molecule has 32 heavy (non-hydrogen) atoms. The van der Waals surface area contributed by atoms with Crippen molar-refractivity contribution in [2.75, 3.05) is 0 Å². The Morgan fingerprint density at radius 2 is 1.47 bits per heavy atom. The van der Waals surface area contributed by atoms with Crippen LogP contribution in [0, 0.1) is 0 Å². The Bertz CT molecular complexity index is 1220. The first-order valence-electron chi connectivity index (χ1n) is 10.1. The van der Waals surface area contributed by atoms with Crippen LogP contribution in [0.5, 0.6) is 11.5 Å². The molecule has 0 spiro atoms. The van der Waals surface area contributed by atoms with Gasteiger partial charge in [0, 0.05) is 17.1 Å². The molecular formula is C26H22O6. The van der Waals surface area contributed by atoms with E-state index in [2.05, 4.69) is 6.58 Å². The number of esters is 2. The number of fused-ring (bicyclic) bond motifs is 3. The van der Waals surface area contributed by atoms with Gasteiger partial charge in [-0.2, -0.15) is 0 Å². The van der Waals surface area contributed by atoms with Crippen molar-refractivity contribution in [2.45, 2.75) is 26.1 Å². The van der Waals surface area contributed by atoms with Crippen LogP contribution in [0.25, 0.3) is 11.1 Å². The monoisotopic (exact) mass is 430 g/mol. The lowest BCUT2D eigenvalue weighted by molar-refractivity contribution is -0.130. The molecule has 162 valence electrons. The van der Waals surface area contributed by atoms with Crippen molar-refractivity contribution in [3.63, 3.8) is 0 Å². The minimum atomic E-state index is -1.58. The third-order valence-electron chi connectivity index (χ3n) is 5.48. The quantitative estimate of drug-likeness (QED) is 0.268. The van der Waals surface area contributed by atoms with E-state index in [1.54, 1.807) is 19.1 Å². The second-order valence-electron chi connectivity index (χ2n) is 7.77. The van der Waals surface area contributed by atoms with Crippen molar-refractivity contribution in [2.24, 2.45) is 0 Å². The van der Waals surface area contributed by atoms with Crippen LogP contribution in [0.2, 0.25) is 0 Å². The van der Waals surface area contributed by atoms with Gasteiger partial charge in [0.05, 0.1) is 5.56 Å². The minimum Gasteiger partial charge on any atom is -0.423 e. The van der Waals surface area contributed by atoms with Gasteiger partial charge in [-0.3, -0.25) is 0 Å². The zero-order chi connectivity index (χ0) is 23.0. The molecule has 0 bridgehead atoms.